The van der Waals surface area contributed by atoms with Crippen LogP contribution in [0.15, 0.2) is 16.6 Å². The summed E-state index contributed by atoms with van der Waals surface area (Å²) in [5.74, 6) is -0.323. The standard InChI is InChI=1S/C15H16BrNO2/c1-7-5-9(6-8(2)12(7)16)17-13(18)10-11(14(17)19)15(10,3)4/h5-6,10-11H,1-4H3. The normalized spacial score (nSPS) is 27.7. The minimum Gasteiger partial charge on any atom is -0.274 e. The highest BCUT2D eigenvalue weighted by molar-refractivity contribution is 9.10. The lowest BCUT2D eigenvalue weighted by Gasteiger charge is -2.21. The van der Waals surface area contributed by atoms with Crippen LogP contribution in [0.5, 0.6) is 0 Å². The molecule has 1 aliphatic heterocycles. The maximum Gasteiger partial charge on any atom is 0.238 e. The van der Waals surface area contributed by atoms with E-state index in [4.69, 9.17) is 0 Å². The van der Waals surface area contributed by atoms with Gasteiger partial charge in [-0.2, -0.15) is 0 Å². The highest BCUT2D eigenvalue weighted by Crippen LogP contribution is 2.63. The predicted molar refractivity (Wildman–Crippen MR) is 76.9 cm³/mol. The summed E-state index contributed by atoms with van der Waals surface area (Å²) in [6, 6.07) is 3.79. The monoisotopic (exact) mass is 321 g/mol. The van der Waals surface area contributed by atoms with E-state index in [1.807, 2.05) is 39.8 Å². The van der Waals surface area contributed by atoms with Crippen molar-refractivity contribution in [2.24, 2.45) is 17.3 Å². The number of benzene rings is 1. The molecule has 2 aliphatic rings. The molecule has 2 atom stereocenters. The Morgan fingerprint density at radius 2 is 1.47 bits per heavy atom. The second kappa shape index (κ2) is 3.69. The van der Waals surface area contributed by atoms with Crippen LogP contribution in [-0.2, 0) is 9.59 Å². The summed E-state index contributed by atoms with van der Waals surface area (Å²) in [5.41, 5.74) is 2.63. The number of rotatable bonds is 1. The van der Waals surface area contributed by atoms with E-state index in [0.29, 0.717) is 5.69 Å². The minimum atomic E-state index is -0.149. The maximum atomic E-state index is 12.4. The van der Waals surface area contributed by atoms with E-state index in [-0.39, 0.29) is 29.1 Å². The Morgan fingerprint density at radius 1 is 1.05 bits per heavy atom. The van der Waals surface area contributed by atoms with Crippen LogP contribution in [0.25, 0.3) is 0 Å². The van der Waals surface area contributed by atoms with E-state index >= 15 is 0 Å². The number of halogens is 1. The van der Waals surface area contributed by atoms with E-state index in [0.717, 1.165) is 15.6 Å². The van der Waals surface area contributed by atoms with Crippen molar-refractivity contribution in [3.63, 3.8) is 0 Å². The number of hydrogen-bond acceptors (Lipinski definition) is 2. The molecule has 1 saturated heterocycles. The molecule has 1 aromatic carbocycles. The van der Waals surface area contributed by atoms with Crippen molar-refractivity contribution in [1.82, 2.24) is 0 Å². The topological polar surface area (TPSA) is 37.4 Å². The molecule has 0 bridgehead atoms. The van der Waals surface area contributed by atoms with Crippen molar-refractivity contribution < 1.29 is 9.59 Å². The zero-order chi connectivity index (χ0) is 14.1. The number of fused-ring (bicyclic) bond motifs is 1. The Labute approximate surface area is 121 Å². The van der Waals surface area contributed by atoms with Crippen molar-refractivity contribution >= 4 is 33.4 Å². The average molecular weight is 322 g/mol. The molecular weight excluding hydrogens is 306 g/mol. The third-order valence-corrected chi connectivity index (χ3v) is 5.73. The Kier molecular flexibility index (Phi) is 2.50. The Morgan fingerprint density at radius 3 is 1.89 bits per heavy atom. The molecule has 2 unspecified atom stereocenters. The first-order chi connectivity index (χ1) is 8.76. The van der Waals surface area contributed by atoms with Crippen LogP contribution in [-0.4, -0.2) is 11.8 Å². The lowest BCUT2D eigenvalue weighted by molar-refractivity contribution is -0.125. The molecule has 100 valence electrons. The molecule has 0 aromatic heterocycles. The molecule has 19 heavy (non-hydrogen) atoms. The first-order valence-corrected chi connectivity index (χ1v) is 7.20. The number of anilines is 1. The van der Waals surface area contributed by atoms with Gasteiger partial charge in [0.1, 0.15) is 0 Å². The average Bonchev–Trinajstić information content (AvgIpc) is 2.76. The van der Waals surface area contributed by atoms with Gasteiger partial charge in [-0.1, -0.05) is 29.8 Å². The number of piperidine rings is 1. The lowest BCUT2D eigenvalue weighted by Crippen LogP contribution is -2.36. The van der Waals surface area contributed by atoms with Crippen molar-refractivity contribution in [2.75, 3.05) is 4.90 Å². The van der Waals surface area contributed by atoms with Crippen molar-refractivity contribution in [3.8, 4) is 0 Å². The van der Waals surface area contributed by atoms with Gasteiger partial charge >= 0.3 is 0 Å². The Bertz CT molecular complexity index is 574. The number of aryl methyl sites for hydroxylation is 2. The third kappa shape index (κ3) is 1.55. The molecule has 2 fully saturated rings. The highest BCUT2D eigenvalue weighted by atomic mass is 79.9. The van der Waals surface area contributed by atoms with Crippen LogP contribution in [0.3, 0.4) is 0 Å². The van der Waals surface area contributed by atoms with E-state index in [9.17, 15) is 9.59 Å². The SMILES string of the molecule is Cc1cc(N2C(=O)C3C(C2=O)C3(C)C)cc(C)c1Br. The summed E-state index contributed by atoms with van der Waals surface area (Å²) in [6.07, 6.45) is 0. The fourth-order valence-corrected chi connectivity index (χ4v) is 3.48. The van der Waals surface area contributed by atoms with E-state index < -0.39 is 0 Å². The molecule has 4 heteroatoms. The van der Waals surface area contributed by atoms with E-state index in [1.54, 1.807) is 0 Å². The molecule has 2 amide bonds. The zero-order valence-corrected chi connectivity index (χ0v) is 13.0. The number of amides is 2. The van der Waals surface area contributed by atoms with Crippen LogP contribution in [0, 0.1) is 31.1 Å². The maximum absolute atomic E-state index is 12.4. The van der Waals surface area contributed by atoms with Crippen LogP contribution in [0.1, 0.15) is 25.0 Å². The molecule has 1 heterocycles. The van der Waals surface area contributed by atoms with Crippen molar-refractivity contribution in [1.29, 1.82) is 0 Å². The second-order valence-electron chi connectivity index (χ2n) is 6.18. The van der Waals surface area contributed by atoms with Gasteiger partial charge in [0, 0.05) is 4.47 Å². The van der Waals surface area contributed by atoms with Gasteiger partial charge in [-0.25, -0.2) is 4.90 Å². The van der Waals surface area contributed by atoms with E-state index in [1.165, 1.54) is 4.90 Å². The molecule has 0 N–H and O–H groups in total. The first-order valence-electron chi connectivity index (χ1n) is 6.41. The number of hydrogen-bond donors (Lipinski definition) is 0. The van der Waals surface area contributed by atoms with Crippen molar-refractivity contribution in [3.05, 3.63) is 27.7 Å². The smallest absolute Gasteiger partial charge is 0.238 e. The summed E-state index contributed by atoms with van der Waals surface area (Å²) in [6.45, 7) is 7.92. The molecular formula is C15H16BrNO2. The van der Waals surface area contributed by atoms with E-state index in [2.05, 4.69) is 15.9 Å². The third-order valence-electron chi connectivity index (χ3n) is 4.48. The molecule has 0 radical (unpaired) electrons. The van der Waals surface area contributed by atoms with Gasteiger partial charge in [-0.3, -0.25) is 9.59 Å². The van der Waals surface area contributed by atoms with Gasteiger partial charge in [0.15, 0.2) is 0 Å². The molecule has 3 rings (SSSR count). The lowest BCUT2D eigenvalue weighted by atomic mass is 10.0. The predicted octanol–water partition coefficient (Wildman–Crippen LogP) is 3.21. The first kappa shape index (κ1) is 12.9. The molecule has 1 aromatic rings. The van der Waals surface area contributed by atoms with Crippen LogP contribution >= 0.6 is 15.9 Å². The molecule has 0 spiro atoms. The van der Waals surface area contributed by atoms with Crippen LogP contribution in [0.2, 0.25) is 0 Å². The van der Waals surface area contributed by atoms with Crippen LogP contribution in [0.4, 0.5) is 5.69 Å². The van der Waals surface area contributed by atoms with Crippen LogP contribution < -0.4 is 4.90 Å². The second-order valence-corrected chi connectivity index (χ2v) is 6.98. The zero-order valence-electron chi connectivity index (χ0n) is 11.5. The molecule has 1 saturated carbocycles. The summed E-state index contributed by atoms with van der Waals surface area (Å²) >= 11 is 3.50. The fraction of sp³-hybridized carbons (Fsp3) is 0.467. The van der Waals surface area contributed by atoms with Gasteiger partial charge in [-0.15, -0.1) is 0 Å². The Hall–Kier alpha value is -1.16. The van der Waals surface area contributed by atoms with Crippen molar-refractivity contribution in [2.45, 2.75) is 27.7 Å². The number of carbonyl (C=O) groups excluding carboxylic acids is 2. The number of carbonyl (C=O) groups is 2. The number of imide groups is 1. The summed E-state index contributed by atoms with van der Waals surface area (Å²) in [5, 5.41) is 0. The highest BCUT2D eigenvalue weighted by Gasteiger charge is 2.72. The van der Waals surface area contributed by atoms with Gasteiger partial charge in [0.05, 0.1) is 17.5 Å². The van der Waals surface area contributed by atoms with Gasteiger partial charge < -0.3 is 0 Å². The van der Waals surface area contributed by atoms with Gasteiger partial charge in [0.2, 0.25) is 11.8 Å². The largest absolute Gasteiger partial charge is 0.274 e. The minimum absolute atomic E-state index is 0.0406. The summed E-state index contributed by atoms with van der Waals surface area (Å²) < 4.78 is 1.03. The van der Waals surface area contributed by atoms with Gasteiger partial charge in [0.25, 0.3) is 0 Å². The Balaban J connectivity index is 2.02. The quantitative estimate of drug-likeness (QED) is 0.745. The number of nitrogens with zero attached hydrogens (tertiary/aromatic N) is 1. The fourth-order valence-electron chi connectivity index (χ4n) is 3.25. The molecule has 1 aliphatic carbocycles. The summed E-state index contributed by atoms with van der Waals surface area (Å²) in [4.78, 5) is 26.1. The van der Waals surface area contributed by atoms with Gasteiger partial charge in [-0.05, 0) is 42.5 Å². The molecule has 3 nitrogen and oxygen atoms in total. The summed E-state index contributed by atoms with van der Waals surface area (Å²) in [7, 11) is 0.